The molecule has 0 spiro atoms. The molecule has 2 atom stereocenters. The summed E-state index contributed by atoms with van der Waals surface area (Å²) in [6, 6.07) is 6.82. The molecule has 0 bridgehead atoms. The molecule has 0 saturated carbocycles. The van der Waals surface area contributed by atoms with E-state index in [1.54, 1.807) is 20.8 Å². The van der Waals surface area contributed by atoms with E-state index in [-0.39, 0.29) is 6.42 Å². The van der Waals surface area contributed by atoms with E-state index in [0.29, 0.717) is 0 Å². The van der Waals surface area contributed by atoms with Gasteiger partial charge in [-0.2, -0.15) is 0 Å². The van der Waals surface area contributed by atoms with Crippen molar-refractivity contribution < 1.29 is 19.4 Å². The fraction of sp³-hybridized carbons (Fsp3) is 0.412. The van der Waals surface area contributed by atoms with Crippen molar-refractivity contribution >= 4 is 33.4 Å². The maximum absolute atomic E-state index is 12.6. The minimum absolute atomic E-state index is 0.298. The second kappa shape index (κ2) is 6.68. The molecular weight excluding hydrogens is 314 g/mol. The summed E-state index contributed by atoms with van der Waals surface area (Å²) in [6.07, 6.45) is -0.298. The van der Waals surface area contributed by atoms with Gasteiger partial charge < -0.3 is 15.6 Å². The van der Waals surface area contributed by atoms with Crippen LogP contribution in [0.25, 0.3) is 10.1 Å². The van der Waals surface area contributed by atoms with Crippen LogP contribution in [0.2, 0.25) is 0 Å². The summed E-state index contributed by atoms with van der Waals surface area (Å²) in [5, 5.41) is 11.8. The summed E-state index contributed by atoms with van der Waals surface area (Å²) >= 11 is 1.50. The van der Waals surface area contributed by atoms with Gasteiger partial charge in [0.15, 0.2) is 0 Å². The van der Waals surface area contributed by atoms with Gasteiger partial charge in [0.05, 0.1) is 12.3 Å². The van der Waals surface area contributed by atoms with Gasteiger partial charge in [0.1, 0.15) is 5.60 Å². The lowest BCUT2D eigenvalue weighted by Gasteiger charge is -2.26. The van der Waals surface area contributed by atoms with E-state index in [1.807, 2.05) is 29.6 Å². The van der Waals surface area contributed by atoms with Crippen LogP contribution in [0.1, 0.15) is 38.7 Å². The van der Waals surface area contributed by atoms with E-state index in [9.17, 15) is 9.59 Å². The number of aliphatic carboxylic acids is 1. The molecule has 0 unspecified atom stereocenters. The van der Waals surface area contributed by atoms with Crippen LogP contribution in [0.4, 0.5) is 0 Å². The largest absolute Gasteiger partial charge is 0.481 e. The highest BCUT2D eigenvalue weighted by molar-refractivity contribution is 7.17. The molecular formula is C17H21NO4S. The number of fused-ring (bicyclic) bond motifs is 1. The molecule has 0 aliphatic rings. The number of hydrogen-bond acceptors (Lipinski definition) is 5. The van der Waals surface area contributed by atoms with Crippen molar-refractivity contribution in [1.82, 2.24) is 0 Å². The third-order valence-electron chi connectivity index (χ3n) is 3.35. The third kappa shape index (κ3) is 4.30. The molecule has 0 aliphatic heterocycles. The van der Waals surface area contributed by atoms with Crippen LogP contribution in [0, 0.1) is 0 Å². The predicted octanol–water partition coefficient (Wildman–Crippen LogP) is 3.13. The van der Waals surface area contributed by atoms with Crippen LogP contribution >= 0.6 is 11.3 Å². The number of benzene rings is 1. The van der Waals surface area contributed by atoms with Crippen LogP contribution in [0.15, 0.2) is 29.6 Å². The quantitative estimate of drug-likeness (QED) is 0.819. The molecule has 0 radical (unpaired) electrons. The summed E-state index contributed by atoms with van der Waals surface area (Å²) in [5.41, 5.74) is 6.11. The number of carbonyl (C=O) groups excluding carboxylic acids is 1. The third-order valence-corrected chi connectivity index (χ3v) is 4.33. The van der Waals surface area contributed by atoms with Gasteiger partial charge in [-0.1, -0.05) is 18.2 Å². The van der Waals surface area contributed by atoms with Crippen LogP contribution in [0.5, 0.6) is 0 Å². The number of ether oxygens (including phenoxy) is 1. The van der Waals surface area contributed by atoms with E-state index in [1.165, 1.54) is 11.3 Å². The fourth-order valence-electron chi connectivity index (χ4n) is 2.46. The number of esters is 1. The summed E-state index contributed by atoms with van der Waals surface area (Å²) in [5.74, 6) is -2.33. The minimum atomic E-state index is -1.04. The molecule has 1 aromatic heterocycles. The van der Waals surface area contributed by atoms with E-state index in [4.69, 9.17) is 15.6 Å². The maximum atomic E-state index is 12.6. The summed E-state index contributed by atoms with van der Waals surface area (Å²) in [6.45, 7) is 5.32. The summed E-state index contributed by atoms with van der Waals surface area (Å²) < 4.78 is 6.49. The van der Waals surface area contributed by atoms with Gasteiger partial charge >= 0.3 is 11.9 Å². The van der Waals surface area contributed by atoms with Gasteiger partial charge in [-0.25, -0.2) is 0 Å². The minimum Gasteiger partial charge on any atom is -0.481 e. The molecule has 6 heteroatoms. The summed E-state index contributed by atoms with van der Waals surface area (Å²) in [7, 11) is 0. The van der Waals surface area contributed by atoms with Crippen LogP contribution in [-0.4, -0.2) is 28.7 Å². The lowest BCUT2D eigenvalue weighted by atomic mass is 9.89. The molecule has 0 fully saturated rings. The Hall–Kier alpha value is -1.92. The first-order valence-corrected chi connectivity index (χ1v) is 8.23. The number of carboxylic acids is 1. The smallest absolute Gasteiger partial charge is 0.315 e. The number of carboxylic acid groups (broad SMARTS) is 1. The lowest BCUT2D eigenvalue weighted by molar-refractivity contribution is -0.157. The molecule has 0 aliphatic carbocycles. The molecule has 2 aromatic rings. The zero-order valence-electron chi connectivity index (χ0n) is 13.4. The molecule has 124 valence electrons. The first-order valence-electron chi connectivity index (χ1n) is 7.35. The van der Waals surface area contributed by atoms with Crippen LogP contribution < -0.4 is 5.73 Å². The molecule has 2 rings (SSSR count). The van der Waals surface area contributed by atoms with Crippen molar-refractivity contribution in [3.05, 3.63) is 35.2 Å². The Kier molecular flexibility index (Phi) is 5.06. The SMILES string of the molecule is CC(C)(C)OC(=O)[C@H](c1csc2ccccc12)[C@@H](N)CC(=O)O. The fourth-order valence-corrected chi connectivity index (χ4v) is 3.45. The molecule has 23 heavy (non-hydrogen) atoms. The Balaban J connectivity index is 2.44. The second-order valence-electron chi connectivity index (χ2n) is 6.46. The first kappa shape index (κ1) is 17.4. The van der Waals surface area contributed by atoms with Crippen LogP contribution in [0.3, 0.4) is 0 Å². The number of carbonyl (C=O) groups is 2. The standard InChI is InChI=1S/C17H21NO4S/c1-17(2,3)22-16(21)15(12(18)8-14(19)20)11-9-23-13-7-5-4-6-10(11)13/h4-7,9,12,15H,8,18H2,1-3H3,(H,19,20)/t12-,15+/m0/s1. The Labute approximate surface area is 139 Å². The van der Waals surface area contributed by atoms with E-state index >= 15 is 0 Å². The normalized spacial score (nSPS) is 14.4. The van der Waals surface area contributed by atoms with E-state index in [0.717, 1.165) is 15.6 Å². The highest BCUT2D eigenvalue weighted by Gasteiger charge is 2.34. The van der Waals surface area contributed by atoms with Crippen molar-refractivity contribution in [3.8, 4) is 0 Å². The van der Waals surface area contributed by atoms with Crippen LogP contribution in [-0.2, 0) is 14.3 Å². The number of hydrogen-bond donors (Lipinski definition) is 2. The van der Waals surface area contributed by atoms with Gasteiger partial charge in [-0.3, -0.25) is 9.59 Å². The van der Waals surface area contributed by atoms with Gasteiger partial charge in [-0.15, -0.1) is 11.3 Å². The van der Waals surface area contributed by atoms with Gasteiger partial charge in [0.25, 0.3) is 0 Å². The predicted molar refractivity (Wildman–Crippen MR) is 90.6 cm³/mol. The molecule has 1 aromatic carbocycles. The van der Waals surface area contributed by atoms with Gasteiger partial charge in [0.2, 0.25) is 0 Å². The number of thiophene rings is 1. The highest BCUT2D eigenvalue weighted by atomic mass is 32.1. The monoisotopic (exact) mass is 335 g/mol. The lowest BCUT2D eigenvalue weighted by Crippen LogP contribution is -2.39. The van der Waals surface area contributed by atoms with E-state index in [2.05, 4.69) is 0 Å². The second-order valence-corrected chi connectivity index (χ2v) is 7.37. The molecule has 1 heterocycles. The average Bonchev–Trinajstić information content (AvgIpc) is 2.80. The zero-order chi connectivity index (χ0) is 17.2. The molecule has 0 amide bonds. The van der Waals surface area contributed by atoms with Crippen molar-refractivity contribution in [2.24, 2.45) is 5.73 Å². The van der Waals surface area contributed by atoms with Crippen molar-refractivity contribution in [3.63, 3.8) is 0 Å². The van der Waals surface area contributed by atoms with Crippen molar-refractivity contribution in [1.29, 1.82) is 0 Å². The van der Waals surface area contributed by atoms with Gasteiger partial charge in [-0.05, 0) is 43.2 Å². The van der Waals surface area contributed by atoms with E-state index < -0.39 is 29.5 Å². The molecule has 5 nitrogen and oxygen atoms in total. The Morgan fingerprint density at radius 2 is 1.96 bits per heavy atom. The Morgan fingerprint density at radius 1 is 1.30 bits per heavy atom. The average molecular weight is 335 g/mol. The molecule has 0 saturated heterocycles. The first-order chi connectivity index (χ1) is 10.7. The topological polar surface area (TPSA) is 89.6 Å². The zero-order valence-corrected chi connectivity index (χ0v) is 14.2. The van der Waals surface area contributed by atoms with Gasteiger partial charge in [0, 0.05) is 10.7 Å². The number of rotatable bonds is 5. The number of nitrogens with two attached hydrogens (primary N) is 1. The maximum Gasteiger partial charge on any atom is 0.315 e. The molecule has 3 N–H and O–H groups in total. The van der Waals surface area contributed by atoms with Crippen molar-refractivity contribution in [2.45, 2.75) is 44.8 Å². The highest BCUT2D eigenvalue weighted by Crippen LogP contribution is 2.34. The Morgan fingerprint density at radius 3 is 2.57 bits per heavy atom. The Bertz CT molecular complexity index is 717. The van der Waals surface area contributed by atoms with Crippen molar-refractivity contribution in [2.75, 3.05) is 0 Å². The summed E-state index contributed by atoms with van der Waals surface area (Å²) in [4.78, 5) is 23.7.